The lowest BCUT2D eigenvalue weighted by Crippen LogP contribution is -2.08. The van der Waals surface area contributed by atoms with E-state index in [0.29, 0.717) is 23.5 Å². The third kappa shape index (κ3) is 4.27. The second kappa shape index (κ2) is 9.71. The third-order valence-corrected chi connectivity index (χ3v) is 6.76. The molecule has 0 aliphatic carbocycles. The molecule has 0 N–H and O–H groups in total. The van der Waals surface area contributed by atoms with Crippen LogP contribution in [0.5, 0.6) is 0 Å². The molecule has 34 heavy (non-hydrogen) atoms. The van der Waals surface area contributed by atoms with Crippen molar-refractivity contribution in [3.63, 3.8) is 0 Å². The zero-order chi connectivity index (χ0) is 24.6. The van der Waals surface area contributed by atoms with Gasteiger partial charge in [0.2, 0.25) is 0 Å². The molecule has 4 aromatic rings. The number of halogens is 8. The Morgan fingerprint density at radius 2 is 0.618 bits per heavy atom. The molecule has 0 nitrogen and oxygen atoms in total. The second-order valence-electron chi connectivity index (χ2n) is 6.75. The van der Waals surface area contributed by atoms with E-state index in [4.69, 9.17) is 0 Å². The van der Waals surface area contributed by atoms with Crippen molar-refractivity contribution in [1.82, 2.24) is 0 Å². The van der Waals surface area contributed by atoms with E-state index < -0.39 is 67.5 Å². The monoisotopic (exact) mass is 514 g/mol. The summed E-state index contributed by atoms with van der Waals surface area (Å²) in [7, 11) is 0. The fraction of sp³-hybridized carbons (Fsp3) is 0. The Bertz CT molecular complexity index is 1210. The molecule has 0 atom stereocenters. The van der Waals surface area contributed by atoms with Gasteiger partial charge in [0.05, 0.1) is 20.9 Å². The third-order valence-electron chi connectivity index (χ3n) is 4.62. The Hall–Kier alpha value is -2.98. The molecule has 0 aromatic heterocycles. The van der Waals surface area contributed by atoms with Crippen molar-refractivity contribution < 1.29 is 35.1 Å². The lowest BCUT2D eigenvalue weighted by molar-refractivity contribution is 0.415. The average Bonchev–Trinajstić information content (AvgIpc) is 2.85. The van der Waals surface area contributed by atoms with E-state index >= 15 is 0 Å². The minimum atomic E-state index is -2.20. The van der Waals surface area contributed by atoms with Gasteiger partial charge in [-0.2, -0.15) is 0 Å². The van der Waals surface area contributed by atoms with Crippen LogP contribution in [-0.4, -0.2) is 0 Å². The summed E-state index contributed by atoms with van der Waals surface area (Å²) in [5, 5.41) is 0. The summed E-state index contributed by atoms with van der Waals surface area (Å²) in [6.07, 6.45) is 0. The smallest absolute Gasteiger partial charge is 0.176 e. The SMILES string of the molecule is Fc1c(F)c(-c2c(F)c(F)c(Sc3ccccc3)c(F)c2F)c(F)c(F)c1Sc1ccccc1. The van der Waals surface area contributed by atoms with Gasteiger partial charge >= 0.3 is 0 Å². The Labute approximate surface area is 196 Å². The van der Waals surface area contributed by atoms with Crippen molar-refractivity contribution in [3.05, 3.63) is 107 Å². The summed E-state index contributed by atoms with van der Waals surface area (Å²) in [5.74, 6) is -16.7. The molecule has 0 aliphatic rings. The first-order chi connectivity index (χ1) is 16.2. The Morgan fingerprint density at radius 1 is 0.353 bits per heavy atom. The topological polar surface area (TPSA) is 0 Å². The lowest BCUT2D eigenvalue weighted by Gasteiger charge is -2.15. The minimum absolute atomic E-state index is 0.212. The highest BCUT2D eigenvalue weighted by Gasteiger charge is 2.34. The molecule has 0 radical (unpaired) electrons. The molecule has 0 heterocycles. The number of rotatable bonds is 5. The van der Waals surface area contributed by atoms with Crippen LogP contribution in [0, 0.1) is 46.5 Å². The van der Waals surface area contributed by atoms with Crippen LogP contribution < -0.4 is 0 Å². The van der Waals surface area contributed by atoms with Gasteiger partial charge in [-0.25, -0.2) is 35.1 Å². The fourth-order valence-electron chi connectivity index (χ4n) is 3.05. The second-order valence-corrected chi connectivity index (χ2v) is 8.92. The molecule has 0 unspecified atom stereocenters. The molecular weight excluding hydrogens is 504 g/mol. The molecule has 174 valence electrons. The van der Waals surface area contributed by atoms with E-state index in [1.165, 1.54) is 48.5 Å². The van der Waals surface area contributed by atoms with Crippen molar-refractivity contribution in [2.24, 2.45) is 0 Å². The molecule has 4 rings (SSSR count). The number of benzene rings is 4. The summed E-state index contributed by atoms with van der Waals surface area (Å²) in [5.41, 5.74) is -3.78. The van der Waals surface area contributed by atoms with Gasteiger partial charge in [0.1, 0.15) is 0 Å². The highest BCUT2D eigenvalue weighted by molar-refractivity contribution is 7.99. The van der Waals surface area contributed by atoms with Crippen LogP contribution in [0.25, 0.3) is 11.1 Å². The standard InChI is InChI=1S/C24H10F8S2/c25-15-13(16(26)20(30)23(19(15)29)33-11-7-3-1-4-8-11)14-17(27)21(31)24(22(32)18(14)28)34-12-9-5-2-6-10-12/h1-10H. The maximum Gasteiger partial charge on any atom is 0.176 e. The summed E-state index contributed by atoms with van der Waals surface area (Å²) in [6, 6.07) is 14.8. The van der Waals surface area contributed by atoms with Gasteiger partial charge in [-0.15, -0.1) is 0 Å². The van der Waals surface area contributed by atoms with E-state index in [9.17, 15) is 35.1 Å². The van der Waals surface area contributed by atoms with E-state index in [2.05, 4.69) is 0 Å². The molecular formula is C24H10F8S2. The maximum absolute atomic E-state index is 14.8. The van der Waals surface area contributed by atoms with Crippen molar-refractivity contribution in [1.29, 1.82) is 0 Å². The van der Waals surface area contributed by atoms with Gasteiger partial charge in [-0.3, -0.25) is 0 Å². The van der Waals surface area contributed by atoms with Crippen LogP contribution in [0.1, 0.15) is 0 Å². The molecule has 0 aliphatic heterocycles. The molecule has 0 amide bonds. The van der Waals surface area contributed by atoms with Crippen molar-refractivity contribution >= 4 is 23.5 Å². The molecule has 0 fully saturated rings. The molecule has 0 saturated heterocycles. The zero-order valence-corrected chi connectivity index (χ0v) is 18.2. The highest BCUT2D eigenvalue weighted by atomic mass is 32.2. The van der Waals surface area contributed by atoms with Crippen LogP contribution in [-0.2, 0) is 0 Å². The van der Waals surface area contributed by atoms with Crippen LogP contribution in [0.4, 0.5) is 35.1 Å². The minimum Gasteiger partial charge on any atom is -0.203 e. The first-order valence-electron chi connectivity index (χ1n) is 9.40. The fourth-order valence-corrected chi connectivity index (χ4v) is 4.83. The summed E-state index contributed by atoms with van der Waals surface area (Å²) in [6.45, 7) is 0. The Balaban J connectivity index is 1.88. The van der Waals surface area contributed by atoms with Crippen LogP contribution in [0.3, 0.4) is 0 Å². The van der Waals surface area contributed by atoms with Crippen LogP contribution >= 0.6 is 23.5 Å². The average molecular weight is 514 g/mol. The number of hydrogen-bond acceptors (Lipinski definition) is 2. The van der Waals surface area contributed by atoms with Gasteiger partial charge in [0.25, 0.3) is 0 Å². The summed E-state index contributed by atoms with van der Waals surface area (Å²) in [4.78, 5) is -1.82. The first-order valence-corrected chi connectivity index (χ1v) is 11.0. The Morgan fingerprint density at radius 3 is 0.882 bits per heavy atom. The lowest BCUT2D eigenvalue weighted by atomic mass is 10.0. The van der Waals surface area contributed by atoms with Crippen molar-refractivity contribution in [3.8, 4) is 11.1 Å². The van der Waals surface area contributed by atoms with Gasteiger partial charge in [0.15, 0.2) is 46.5 Å². The molecule has 4 aromatic carbocycles. The predicted octanol–water partition coefficient (Wildman–Crippen LogP) is 8.77. The van der Waals surface area contributed by atoms with Gasteiger partial charge in [-0.1, -0.05) is 59.9 Å². The predicted molar refractivity (Wildman–Crippen MR) is 113 cm³/mol. The molecule has 0 bridgehead atoms. The highest BCUT2D eigenvalue weighted by Crippen LogP contribution is 2.43. The van der Waals surface area contributed by atoms with Crippen molar-refractivity contribution in [2.75, 3.05) is 0 Å². The largest absolute Gasteiger partial charge is 0.203 e. The van der Waals surface area contributed by atoms with Gasteiger partial charge < -0.3 is 0 Å². The van der Waals surface area contributed by atoms with Gasteiger partial charge in [-0.05, 0) is 24.3 Å². The van der Waals surface area contributed by atoms with Crippen LogP contribution in [0.2, 0.25) is 0 Å². The summed E-state index contributed by atoms with van der Waals surface area (Å²) >= 11 is 0.645. The van der Waals surface area contributed by atoms with Gasteiger partial charge in [0, 0.05) is 9.79 Å². The quantitative estimate of drug-likeness (QED) is 0.193. The van der Waals surface area contributed by atoms with Crippen molar-refractivity contribution in [2.45, 2.75) is 19.6 Å². The van der Waals surface area contributed by atoms with E-state index in [0.717, 1.165) is 0 Å². The maximum atomic E-state index is 14.8. The molecule has 10 heteroatoms. The first kappa shape index (κ1) is 24.2. The zero-order valence-electron chi connectivity index (χ0n) is 16.6. The normalized spacial score (nSPS) is 11.2. The van der Waals surface area contributed by atoms with Crippen LogP contribution in [0.15, 0.2) is 80.2 Å². The number of hydrogen-bond donors (Lipinski definition) is 0. The van der Waals surface area contributed by atoms with E-state index in [1.54, 1.807) is 12.1 Å². The van der Waals surface area contributed by atoms with E-state index in [1.807, 2.05) is 0 Å². The van der Waals surface area contributed by atoms with E-state index in [-0.39, 0.29) is 9.79 Å². The molecule has 0 spiro atoms. The summed E-state index contributed by atoms with van der Waals surface area (Å²) < 4.78 is 118. The molecule has 0 saturated carbocycles. The Kier molecular flexibility index (Phi) is 6.90.